The van der Waals surface area contributed by atoms with Crippen LogP contribution < -0.4 is 10.6 Å². The molecule has 1 rings (SSSR count). The Morgan fingerprint density at radius 2 is 2.46 bits per heavy atom. The van der Waals surface area contributed by atoms with Gasteiger partial charge in [0.2, 0.25) is 5.91 Å². The molecule has 1 aliphatic heterocycles. The number of likely N-dealkylation sites (N-methyl/N-ethyl adjacent to an activating group) is 1. The number of nitrogens with one attached hydrogen (secondary N) is 2. The van der Waals surface area contributed by atoms with Gasteiger partial charge < -0.3 is 10.1 Å². The van der Waals surface area contributed by atoms with Gasteiger partial charge in [-0.3, -0.25) is 10.1 Å². The fourth-order valence-electron chi connectivity index (χ4n) is 1.39. The van der Waals surface area contributed by atoms with Crippen molar-refractivity contribution < 1.29 is 9.53 Å². The Labute approximate surface area is 79.0 Å². The van der Waals surface area contributed by atoms with Gasteiger partial charge in [-0.15, -0.1) is 0 Å². The smallest absolute Gasteiger partial charge is 0.246 e. The maximum Gasteiger partial charge on any atom is 0.246 e. The predicted octanol–water partition coefficient (Wildman–Crippen LogP) is 0.239. The van der Waals surface area contributed by atoms with Crippen molar-refractivity contribution >= 4 is 5.91 Å². The summed E-state index contributed by atoms with van der Waals surface area (Å²) in [6.07, 6.45) is 3.49. The van der Waals surface area contributed by atoms with Gasteiger partial charge in [0.25, 0.3) is 0 Å². The first-order valence-corrected chi connectivity index (χ1v) is 4.94. The Bertz CT molecular complexity index is 156. The third-order valence-corrected chi connectivity index (χ3v) is 2.05. The van der Waals surface area contributed by atoms with Crippen molar-refractivity contribution in [1.82, 2.24) is 10.6 Å². The van der Waals surface area contributed by atoms with E-state index in [1.54, 1.807) is 0 Å². The van der Waals surface area contributed by atoms with Crippen LogP contribution in [0.4, 0.5) is 0 Å². The van der Waals surface area contributed by atoms with Crippen LogP contribution in [-0.2, 0) is 9.53 Å². The molecular formula is C9H18N2O2. The number of rotatable bonds is 4. The van der Waals surface area contributed by atoms with Crippen molar-refractivity contribution in [2.24, 2.45) is 0 Å². The minimum atomic E-state index is -0.0325. The van der Waals surface area contributed by atoms with Crippen LogP contribution in [0.2, 0.25) is 0 Å². The van der Waals surface area contributed by atoms with Crippen molar-refractivity contribution in [3.05, 3.63) is 0 Å². The molecule has 0 aromatic heterocycles. The summed E-state index contributed by atoms with van der Waals surface area (Å²) in [4.78, 5) is 11.0. The van der Waals surface area contributed by atoms with Gasteiger partial charge in [0.05, 0.1) is 0 Å². The number of carbonyl (C=O) groups excluding carboxylic acids is 1. The Kier molecular flexibility index (Phi) is 4.78. The Morgan fingerprint density at radius 3 is 3.08 bits per heavy atom. The molecule has 4 nitrogen and oxygen atoms in total. The molecule has 0 bridgehead atoms. The van der Waals surface area contributed by atoms with E-state index in [4.69, 9.17) is 4.74 Å². The van der Waals surface area contributed by atoms with Crippen LogP contribution in [0.3, 0.4) is 0 Å². The number of ether oxygens (including phenoxy) is 1. The first kappa shape index (κ1) is 10.5. The minimum absolute atomic E-state index is 0.0325. The first-order valence-electron chi connectivity index (χ1n) is 4.94. The highest BCUT2D eigenvalue weighted by atomic mass is 16.5. The molecule has 1 saturated heterocycles. The average molecular weight is 186 g/mol. The summed E-state index contributed by atoms with van der Waals surface area (Å²) in [7, 11) is 0. The highest BCUT2D eigenvalue weighted by Gasteiger charge is 2.13. The fourth-order valence-corrected chi connectivity index (χ4v) is 1.39. The summed E-state index contributed by atoms with van der Waals surface area (Å²) in [6.45, 7) is 3.74. The molecule has 1 fully saturated rings. The van der Waals surface area contributed by atoms with Crippen LogP contribution in [0.1, 0.15) is 26.2 Å². The Hall–Kier alpha value is -0.610. The molecular weight excluding hydrogens is 168 g/mol. The number of piperidine rings is 1. The summed E-state index contributed by atoms with van der Waals surface area (Å²) in [5, 5.41) is 5.91. The lowest BCUT2D eigenvalue weighted by Crippen LogP contribution is -2.39. The van der Waals surface area contributed by atoms with Crippen LogP contribution in [0, 0.1) is 0 Å². The maximum absolute atomic E-state index is 11.0. The van der Waals surface area contributed by atoms with Gasteiger partial charge in [0.1, 0.15) is 12.8 Å². The molecule has 1 aliphatic rings. The molecule has 76 valence electrons. The summed E-state index contributed by atoms with van der Waals surface area (Å²) in [5.41, 5.74) is 0. The second-order valence-electron chi connectivity index (χ2n) is 3.20. The van der Waals surface area contributed by atoms with Crippen molar-refractivity contribution in [3.63, 3.8) is 0 Å². The Balaban J connectivity index is 2.06. The van der Waals surface area contributed by atoms with E-state index in [-0.39, 0.29) is 18.7 Å². The second-order valence-corrected chi connectivity index (χ2v) is 3.20. The van der Waals surface area contributed by atoms with Crippen molar-refractivity contribution in [2.45, 2.75) is 32.4 Å². The monoisotopic (exact) mass is 186 g/mol. The van der Waals surface area contributed by atoms with Gasteiger partial charge in [-0.2, -0.15) is 0 Å². The van der Waals surface area contributed by atoms with E-state index in [1.165, 1.54) is 12.8 Å². The predicted molar refractivity (Wildman–Crippen MR) is 50.3 cm³/mol. The molecule has 0 spiro atoms. The summed E-state index contributed by atoms with van der Waals surface area (Å²) in [6, 6.07) is 0. The number of hydrogen-bond donors (Lipinski definition) is 2. The SMILES string of the molecule is CCNC(=O)CO[C@H]1CCCCN1. The topological polar surface area (TPSA) is 50.4 Å². The van der Waals surface area contributed by atoms with Gasteiger partial charge >= 0.3 is 0 Å². The van der Waals surface area contributed by atoms with E-state index in [9.17, 15) is 4.79 Å². The minimum Gasteiger partial charge on any atom is -0.354 e. The molecule has 4 heteroatoms. The largest absolute Gasteiger partial charge is 0.354 e. The van der Waals surface area contributed by atoms with E-state index in [1.807, 2.05) is 6.92 Å². The van der Waals surface area contributed by atoms with Gasteiger partial charge in [0, 0.05) is 6.54 Å². The lowest BCUT2D eigenvalue weighted by atomic mass is 10.1. The van der Waals surface area contributed by atoms with E-state index < -0.39 is 0 Å². The van der Waals surface area contributed by atoms with E-state index in [0.717, 1.165) is 13.0 Å². The van der Waals surface area contributed by atoms with E-state index in [0.29, 0.717) is 6.54 Å². The van der Waals surface area contributed by atoms with Crippen LogP contribution in [-0.4, -0.2) is 31.8 Å². The van der Waals surface area contributed by atoms with Crippen molar-refractivity contribution in [3.8, 4) is 0 Å². The molecule has 0 radical (unpaired) electrons. The summed E-state index contributed by atoms with van der Waals surface area (Å²) in [5.74, 6) is -0.0325. The normalized spacial score (nSPS) is 22.7. The Morgan fingerprint density at radius 1 is 1.62 bits per heavy atom. The second kappa shape index (κ2) is 5.94. The number of hydrogen-bond acceptors (Lipinski definition) is 3. The lowest BCUT2D eigenvalue weighted by molar-refractivity contribution is -0.128. The van der Waals surface area contributed by atoms with Crippen LogP contribution in [0.25, 0.3) is 0 Å². The molecule has 13 heavy (non-hydrogen) atoms. The molecule has 0 aliphatic carbocycles. The molecule has 0 aromatic carbocycles. The third-order valence-electron chi connectivity index (χ3n) is 2.05. The molecule has 0 aromatic rings. The third kappa shape index (κ3) is 4.24. The summed E-state index contributed by atoms with van der Waals surface area (Å²) < 4.78 is 5.37. The average Bonchev–Trinajstić information content (AvgIpc) is 2.17. The van der Waals surface area contributed by atoms with Gasteiger partial charge in [-0.1, -0.05) is 0 Å². The zero-order chi connectivity index (χ0) is 9.52. The molecule has 0 saturated carbocycles. The fraction of sp³-hybridized carbons (Fsp3) is 0.889. The molecule has 2 N–H and O–H groups in total. The van der Waals surface area contributed by atoms with Crippen molar-refractivity contribution in [1.29, 1.82) is 0 Å². The van der Waals surface area contributed by atoms with Crippen molar-refractivity contribution in [2.75, 3.05) is 19.7 Å². The maximum atomic E-state index is 11.0. The molecule has 1 heterocycles. The number of amides is 1. The van der Waals surface area contributed by atoms with Gasteiger partial charge in [-0.25, -0.2) is 0 Å². The highest BCUT2D eigenvalue weighted by molar-refractivity contribution is 5.77. The van der Waals surface area contributed by atoms with Crippen LogP contribution in [0.5, 0.6) is 0 Å². The lowest BCUT2D eigenvalue weighted by Gasteiger charge is -2.23. The first-order chi connectivity index (χ1) is 6.33. The van der Waals surface area contributed by atoms with Gasteiger partial charge in [0.15, 0.2) is 0 Å². The van der Waals surface area contributed by atoms with Gasteiger partial charge in [-0.05, 0) is 32.7 Å². The van der Waals surface area contributed by atoms with Crippen LogP contribution >= 0.6 is 0 Å². The molecule has 1 atom stereocenters. The zero-order valence-corrected chi connectivity index (χ0v) is 8.14. The zero-order valence-electron chi connectivity index (χ0n) is 8.14. The van der Waals surface area contributed by atoms with E-state index >= 15 is 0 Å². The highest BCUT2D eigenvalue weighted by Crippen LogP contribution is 2.07. The van der Waals surface area contributed by atoms with E-state index in [2.05, 4.69) is 10.6 Å². The molecule has 1 amide bonds. The summed E-state index contributed by atoms with van der Waals surface area (Å²) >= 11 is 0. The van der Waals surface area contributed by atoms with Crippen LogP contribution in [0.15, 0.2) is 0 Å². The number of carbonyl (C=O) groups is 1. The standard InChI is InChI=1S/C9H18N2O2/c1-2-10-8(12)7-13-9-5-3-4-6-11-9/h9,11H,2-7H2,1H3,(H,10,12)/t9-/m0/s1. The molecule has 0 unspecified atom stereocenters. The quantitative estimate of drug-likeness (QED) is 0.661.